The molecule has 1 saturated heterocycles. The van der Waals surface area contributed by atoms with Crippen LogP contribution in [0.3, 0.4) is 0 Å². The number of hydrogen-bond donors (Lipinski definition) is 0. The fraction of sp³-hybridized carbons (Fsp3) is 0.773. The fourth-order valence-electron chi connectivity index (χ4n) is 3.25. The highest BCUT2D eigenvalue weighted by atomic mass is 35.5. The Hall–Kier alpha value is -1.90. The Morgan fingerprint density at radius 2 is 1.34 bits per heavy atom. The third-order valence-corrected chi connectivity index (χ3v) is 5.78. The molecule has 0 radical (unpaired) electrons. The Morgan fingerprint density at radius 3 is 1.82 bits per heavy atom. The van der Waals surface area contributed by atoms with E-state index in [9.17, 15) is 24.0 Å². The van der Waals surface area contributed by atoms with Crippen molar-refractivity contribution in [1.82, 2.24) is 0 Å². The van der Waals surface area contributed by atoms with E-state index in [4.69, 9.17) is 72.7 Å². The van der Waals surface area contributed by atoms with Crippen LogP contribution in [0.15, 0.2) is 0 Å². The van der Waals surface area contributed by atoms with Crippen LogP contribution in [0.4, 0.5) is 0 Å². The molecule has 0 saturated carbocycles. The van der Waals surface area contributed by atoms with E-state index in [0.29, 0.717) is 0 Å². The van der Waals surface area contributed by atoms with Gasteiger partial charge in [-0.2, -0.15) is 0 Å². The number of rotatable bonds is 14. The van der Waals surface area contributed by atoms with Gasteiger partial charge in [0, 0.05) is 34.6 Å². The van der Waals surface area contributed by atoms with Gasteiger partial charge in [0.1, 0.15) is 30.8 Å². The van der Waals surface area contributed by atoms with Crippen molar-refractivity contribution in [1.29, 1.82) is 0 Å². The largest absolute Gasteiger partial charge is 0.463 e. The molecular weight excluding hydrogens is 579 g/mol. The molecule has 0 aromatic carbocycles. The highest BCUT2D eigenvalue weighted by Gasteiger charge is 2.51. The molecule has 0 bridgehead atoms. The number of alkyl halides is 3. The maximum atomic E-state index is 11.8. The molecule has 0 spiro atoms. The van der Waals surface area contributed by atoms with Crippen LogP contribution in [-0.2, 0) is 61.9 Å². The van der Waals surface area contributed by atoms with Gasteiger partial charge in [0.25, 0.3) is 0 Å². The lowest BCUT2D eigenvalue weighted by Gasteiger charge is -2.43. The van der Waals surface area contributed by atoms with Crippen molar-refractivity contribution >= 4 is 64.6 Å². The predicted octanol–water partition coefficient (Wildman–Crippen LogP) is 1.45. The van der Waals surface area contributed by atoms with Gasteiger partial charge in [-0.15, -0.1) is 34.8 Å². The summed E-state index contributed by atoms with van der Waals surface area (Å²) >= 11 is 18.5. The smallest absolute Gasteiger partial charge is 0.303 e. The van der Waals surface area contributed by atoms with Gasteiger partial charge in [0.05, 0.1) is 11.8 Å². The first-order chi connectivity index (χ1) is 17.8. The second kappa shape index (κ2) is 16.9. The van der Waals surface area contributed by atoms with Crippen LogP contribution in [0.1, 0.15) is 34.6 Å². The first-order valence-electron chi connectivity index (χ1n) is 11.3. The number of hydrogen-bond acceptors (Lipinski definition) is 13. The molecule has 8 atom stereocenters. The summed E-state index contributed by atoms with van der Waals surface area (Å²) in [6.07, 6.45) is -8.77. The van der Waals surface area contributed by atoms with Gasteiger partial charge in [-0.3, -0.25) is 24.0 Å². The van der Waals surface area contributed by atoms with Crippen molar-refractivity contribution < 1.29 is 61.9 Å². The number of esters is 5. The van der Waals surface area contributed by atoms with Crippen molar-refractivity contribution in [3.63, 3.8) is 0 Å². The summed E-state index contributed by atoms with van der Waals surface area (Å²) in [7, 11) is 0. The zero-order valence-electron chi connectivity index (χ0n) is 21.4. The third-order valence-electron chi connectivity index (χ3n) is 4.70. The molecule has 0 amide bonds. The van der Waals surface area contributed by atoms with E-state index in [-0.39, 0.29) is 25.0 Å². The highest BCUT2D eigenvalue weighted by Crippen LogP contribution is 2.32. The van der Waals surface area contributed by atoms with Crippen LogP contribution >= 0.6 is 34.8 Å². The molecule has 0 N–H and O–H groups in total. The van der Waals surface area contributed by atoms with Crippen LogP contribution < -0.4 is 0 Å². The first-order valence-corrected chi connectivity index (χ1v) is 12.8. The van der Waals surface area contributed by atoms with E-state index in [2.05, 4.69) is 0 Å². The predicted molar refractivity (Wildman–Crippen MR) is 129 cm³/mol. The highest BCUT2D eigenvalue weighted by molar-refractivity contribution is 6.21. The molecule has 1 aliphatic heterocycles. The topological polar surface area (TPSA) is 159 Å². The minimum absolute atomic E-state index is 0.246. The maximum Gasteiger partial charge on any atom is 0.303 e. The summed E-state index contributed by atoms with van der Waals surface area (Å²) in [5, 5.41) is -1.12. The molecule has 38 heavy (non-hydrogen) atoms. The van der Waals surface area contributed by atoms with Crippen LogP contribution in [0.2, 0.25) is 0 Å². The minimum Gasteiger partial charge on any atom is -0.463 e. The van der Waals surface area contributed by atoms with Crippen molar-refractivity contribution in [2.24, 2.45) is 0 Å². The number of ether oxygens (including phenoxy) is 8. The molecule has 0 aliphatic carbocycles. The van der Waals surface area contributed by atoms with Gasteiger partial charge in [0.15, 0.2) is 24.6 Å². The zero-order valence-corrected chi connectivity index (χ0v) is 23.7. The van der Waals surface area contributed by atoms with Crippen molar-refractivity contribution in [3.05, 3.63) is 0 Å². The van der Waals surface area contributed by atoms with Crippen LogP contribution in [-0.4, -0.2) is 103 Å². The normalized spacial score (nSPS) is 25.3. The van der Waals surface area contributed by atoms with Crippen LogP contribution in [0, 0.1) is 0 Å². The number of halogens is 3. The maximum absolute atomic E-state index is 11.8. The van der Waals surface area contributed by atoms with E-state index >= 15 is 0 Å². The molecule has 1 fully saturated rings. The Labute approximate surface area is 234 Å². The summed E-state index contributed by atoms with van der Waals surface area (Å²) in [4.78, 5) is 57.8. The molecular formula is C22H31Cl3O13. The van der Waals surface area contributed by atoms with Gasteiger partial charge in [0.2, 0.25) is 6.29 Å². The molecule has 1 heterocycles. The molecule has 0 aromatic rings. The fourth-order valence-corrected chi connectivity index (χ4v) is 4.00. The van der Waals surface area contributed by atoms with Crippen LogP contribution in [0.5, 0.6) is 0 Å². The quantitative estimate of drug-likeness (QED) is 0.121. The summed E-state index contributed by atoms with van der Waals surface area (Å²) in [5.74, 6) is -4.05. The standard InChI is InChI=1S/C22H31Cl3O13/c1-10(26)31-8-16(33-12(3)28)15(6-23)36-18(7-24)38-22-21(35-14(5)30)20(34-13(4)29)19(25)17(37-22)9-32-11(2)27/h15-22H,6-9H2,1-5H3/t15?,16-,17?,18?,19?,20?,21?,22?/m1/s1. The Morgan fingerprint density at radius 1 is 0.763 bits per heavy atom. The van der Waals surface area contributed by atoms with Gasteiger partial charge in [-0.25, -0.2) is 0 Å². The number of carbonyl (C=O) groups excluding carboxylic acids is 5. The van der Waals surface area contributed by atoms with E-state index in [0.717, 1.165) is 27.7 Å². The van der Waals surface area contributed by atoms with Crippen molar-refractivity contribution in [3.8, 4) is 0 Å². The zero-order chi connectivity index (χ0) is 29.0. The Kier molecular flexibility index (Phi) is 15.2. The SMILES string of the molecule is CC(=O)OCC1OC(OC(CCl)OC(CCl)[C@@H](COC(C)=O)OC(C)=O)C(OC(C)=O)C(OC(C)=O)C1Cl. The monoisotopic (exact) mass is 608 g/mol. The summed E-state index contributed by atoms with van der Waals surface area (Å²) in [6.45, 7) is 4.98. The van der Waals surface area contributed by atoms with Crippen molar-refractivity contribution in [2.45, 2.75) is 83.1 Å². The van der Waals surface area contributed by atoms with Gasteiger partial charge >= 0.3 is 29.8 Å². The Bertz CT molecular complexity index is 826. The van der Waals surface area contributed by atoms with Crippen LogP contribution in [0.25, 0.3) is 0 Å². The Balaban J connectivity index is 3.22. The van der Waals surface area contributed by atoms with Gasteiger partial charge in [-0.05, 0) is 0 Å². The average Bonchev–Trinajstić information content (AvgIpc) is 2.81. The molecule has 7 unspecified atom stereocenters. The summed E-state index contributed by atoms with van der Waals surface area (Å²) < 4.78 is 43.0. The third kappa shape index (κ3) is 11.9. The van der Waals surface area contributed by atoms with E-state index in [1.54, 1.807) is 0 Å². The minimum atomic E-state index is -1.49. The van der Waals surface area contributed by atoms with E-state index in [1.165, 1.54) is 6.92 Å². The molecule has 1 rings (SSSR count). The lowest BCUT2D eigenvalue weighted by Crippen LogP contribution is -2.61. The second-order valence-electron chi connectivity index (χ2n) is 7.94. The van der Waals surface area contributed by atoms with Crippen molar-refractivity contribution in [2.75, 3.05) is 25.0 Å². The van der Waals surface area contributed by atoms with Gasteiger partial charge < -0.3 is 37.9 Å². The summed E-state index contributed by atoms with van der Waals surface area (Å²) in [6, 6.07) is 0. The number of carbonyl (C=O) groups is 5. The molecule has 0 aromatic heterocycles. The molecule has 13 nitrogen and oxygen atoms in total. The molecule has 1 aliphatic rings. The van der Waals surface area contributed by atoms with Gasteiger partial charge in [-0.1, -0.05) is 0 Å². The lowest BCUT2D eigenvalue weighted by atomic mass is 10.0. The average molecular weight is 610 g/mol. The van der Waals surface area contributed by atoms with E-state index in [1.807, 2.05) is 0 Å². The lowest BCUT2D eigenvalue weighted by molar-refractivity contribution is -0.322. The first kappa shape index (κ1) is 34.1. The molecule has 16 heteroatoms. The second-order valence-corrected chi connectivity index (χ2v) is 9.06. The molecule has 218 valence electrons. The summed E-state index contributed by atoms with van der Waals surface area (Å²) in [5.41, 5.74) is 0. The van der Waals surface area contributed by atoms with E-state index < -0.39 is 78.3 Å².